The lowest BCUT2D eigenvalue weighted by molar-refractivity contribution is 0.355. The summed E-state index contributed by atoms with van der Waals surface area (Å²) in [5, 5.41) is 5.02. The van der Waals surface area contributed by atoms with Gasteiger partial charge in [-0.15, -0.1) is 0 Å². The van der Waals surface area contributed by atoms with Crippen LogP contribution in [0.1, 0.15) is 18.7 Å². The second kappa shape index (κ2) is 7.11. The molecule has 2 aromatic carbocycles. The Labute approximate surface area is 156 Å². The Morgan fingerprint density at radius 2 is 1.85 bits per heavy atom. The van der Waals surface area contributed by atoms with Crippen LogP contribution in [0.4, 0.5) is 5.69 Å². The summed E-state index contributed by atoms with van der Waals surface area (Å²) in [5.41, 5.74) is 5.17. The number of fused-ring (bicyclic) bond motifs is 2. The topological polar surface area (TPSA) is 77.7 Å². The fraction of sp³-hybridized carbons (Fsp3) is 0.250. The molecule has 0 aliphatic carbocycles. The Hall–Kier alpha value is -3.35. The summed E-state index contributed by atoms with van der Waals surface area (Å²) >= 11 is 0. The average Bonchev–Trinajstić information content (AvgIpc) is 2.72. The van der Waals surface area contributed by atoms with Gasteiger partial charge in [0.25, 0.3) is 5.56 Å². The molecule has 0 atom stereocenters. The average molecular weight is 364 g/mol. The van der Waals surface area contributed by atoms with Crippen LogP contribution in [0, 0.1) is 0 Å². The third-order valence-corrected chi connectivity index (χ3v) is 4.61. The minimum atomic E-state index is -0.0944. The molecule has 27 heavy (non-hydrogen) atoms. The van der Waals surface area contributed by atoms with E-state index in [4.69, 9.17) is 14.5 Å². The first-order valence-corrected chi connectivity index (χ1v) is 8.76. The maximum absolute atomic E-state index is 13.0. The molecule has 7 nitrogen and oxygen atoms in total. The van der Waals surface area contributed by atoms with Gasteiger partial charge in [-0.2, -0.15) is 5.10 Å². The quantitative estimate of drug-likeness (QED) is 0.720. The third-order valence-electron chi connectivity index (χ3n) is 4.61. The third kappa shape index (κ3) is 3.12. The van der Waals surface area contributed by atoms with Crippen molar-refractivity contribution < 1.29 is 9.47 Å². The number of ether oxygens (including phenoxy) is 2. The molecular formula is C20H20N4O3. The van der Waals surface area contributed by atoms with Crippen molar-refractivity contribution in [2.75, 3.05) is 19.6 Å². The van der Waals surface area contributed by atoms with Crippen molar-refractivity contribution in [3.05, 3.63) is 58.6 Å². The lowest BCUT2D eigenvalue weighted by Crippen LogP contribution is -2.32. The molecule has 7 heteroatoms. The Bertz CT molecular complexity index is 1070. The number of rotatable bonds is 4. The van der Waals surface area contributed by atoms with Crippen LogP contribution in [-0.4, -0.2) is 29.5 Å². The Morgan fingerprint density at radius 1 is 1.11 bits per heavy atom. The fourth-order valence-corrected chi connectivity index (χ4v) is 3.24. The minimum Gasteiger partial charge on any atom is -0.493 e. The first-order chi connectivity index (χ1) is 13.2. The van der Waals surface area contributed by atoms with Crippen LogP contribution in [-0.2, 0) is 6.54 Å². The molecule has 1 aliphatic heterocycles. The van der Waals surface area contributed by atoms with Crippen LogP contribution in [0.3, 0.4) is 0 Å². The lowest BCUT2D eigenvalue weighted by atomic mass is 10.1. The summed E-state index contributed by atoms with van der Waals surface area (Å²) < 4.78 is 12.3. The van der Waals surface area contributed by atoms with Gasteiger partial charge in [0.1, 0.15) is 5.71 Å². The van der Waals surface area contributed by atoms with Gasteiger partial charge in [-0.1, -0.05) is 18.2 Å². The van der Waals surface area contributed by atoms with E-state index in [0.717, 1.165) is 24.2 Å². The van der Waals surface area contributed by atoms with Crippen LogP contribution in [0.2, 0.25) is 0 Å². The van der Waals surface area contributed by atoms with Crippen LogP contribution >= 0.6 is 0 Å². The van der Waals surface area contributed by atoms with Gasteiger partial charge in [-0.25, -0.2) is 4.98 Å². The highest BCUT2D eigenvalue weighted by molar-refractivity contribution is 6.00. The number of hydrogen-bond acceptors (Lipinski definition) is 6. The SMILES string of the molecule is COc1cc2nc3n(c(=O)c2cc1OC)CCC/C3=N/Nc1ccccc1. The van der Waals surface area contributed by atoms with Gasteiger partial charge in [-0.05, 0) is 31.0 Å². The number of aromatic nitrogens is 2. The molecule has 0 bridgehead atoms. The molecule has 1 N–H and O–H groups in total. The summed E-state index contributed by atoms with van der Waals surface area (Å²) in [6.07, 6.45) is 1.59. The number of hydrogen-bond donors (Lipinski definition) is 1. The van der Waals surface area contributed by atoms with Gasteiger partial charge in [0, 0.05) is 12.6 Å². The maximum atomic E-state index is 13.0. The number of nitrogens with one attached hydrogen (secondary N) is 1. The van der Waals surface area contributed by atoms with E-state index in [1.165, 1.54) is 0 Å². The number of para-hydroxylation sites is 1. The van der Waals surface area contributed by atoms with Crippen molar-refractivity contribution in [2.24, 2.45) is 5.10 Å². The zero-order valence-electron chi connectivity index (χ0n) is 15.2. The highest BCUT2D eigenvalue weighted by Crippen LogP contribution is 2.30. The molecule has 138 valence electrons. The predicted octanol–water partition coefficient (Wildman–Crippen LogP) is 3.02. The van der Waals surface area contributed by atoms with E-state index in [-0.39, 0.29) is 5.56 Å². The Morgan fingerprint density at radius 3 is 2.59 bits per heavy atom. The first-order valence-electron chi connectivity index (χ1n) is 8.76. The van der Waals surface area contributed by atoms with Crippen LogP contribution in [0.15, 0.2) is 52.4 Å². The lowest BCUT2D eigenvalue weighted by Gasteiger charge is -2.20. The molecule has 0 amide bonds. The normalized spacial score (nSPS) is 14.8. The smallest absolute Gasteiger partial charge is 0.261 e. The highest BCUT2D eigenvalue weighted by atomic mass is 16.5. The standard InChI is InChI=1S/C20H20N4O3/c1-26-17-11-14-16(12-18(17)27-2)21-19-15(9-6-10-24(19)20(14)25)23-22-13-7-4-3-5-8-13/h3-5,7-8,11-12,22H,6,9-10H2,1-2H3/b23-15-. The first kappa shape index (κ1) is 17.1. The molecule has 1 aliphatic rings. The van der Waals surface area contributed by atoms with Crippen molar-refractivity contribution in [1.82, 2.24) is 9.55 Å². The molecule has 2 heterocycles. The van der Waals surface area contributed by atoms with E-state index < -0.39 is 0 Å². The minimum absolute atomic E-state index is 0.0944. The van der Waals surface area contributed by atoms with Crippen LogP contribution in [0.5, 0.6) is 11.5 Å². The summed E-state index contributed by atoms with van der Waals surface area (Å²) in [7, 11) is 3.11. The second-order valence-electron chi connectivity index (χ2n) is 6.26. The Balaban J connectivity index is 1.83. The monoisotopic (exact) mass is 364 g/mol. The number of anilines is 1. The molecule has 0 unspecified atom stereocenters. The van der Waals surface area contributed by atoms with E-state index in [0.29, 0.717) is 34.8 Å². The van der Waals surface area contributed by atoms with Gasteiger partial charge in [0.15, 0.2) is 17.3 Å². The second-order valence-corrected chi connectivity index (χ2v) is 6.26. The molecule has 4 rings (SSSR count). The maximum Gasteiger partial charge on any atom is 0.261 e. The summed E-state index contributed by atoms with van der Waals surface area (Å²) in [5.74, 6) is 1.65. The molecule has 0 saturated heterocycles. The molecule has 1 aromatic heterocycles. The van der Waals surface area contributed by atoms with E-state index in [2.05, 4.69) is 10.5 Å². The summed E-state index contributed by atoms with van der Waals surface area (Å²) in [6, 6.07) is 13.1. The Kier molecular flexibility index (Phi) is 4.50. The van der Waals surface area contributed by atoms with Gasteiger partial charge >= 0.3 is 0 Å². The fourth-order valence-electron chi connectivity index (χ4n) is 3.24. The van der Waals surface area contributed by atoms with Crippen molar-refractivity contribution >= 4 is 22.3 Å². The molecule has 3 aromatic rings. The van der Waals surface area contributed by atoms with Gasteiger partial charge in [-0.3, -0.25) is 14.8 Å². The summed E-state index contributed by atoms with van der Waals surface area (Å²) in [6.45, 7) is 0.621. The molecule has 0 saturated carbocycles. The van der Waals surface area contributed by atoms with E-state index in [1.54, 1.807) is 30.9 Å². The molecular weight excluding hydrogens is 344 g/mol. The molecule has 0 spiro atoms. The van der Waals surface area contributed by atoms with Gasteiger partial charge in [0.05, 0.1) is 30.8 Å². The van der Waals surface area contributed by atoms with E-state index in [9.17, 15) is 4.79 Å². The number of nitrogens with zero attached hydrogens (tertiary/aromatic N) is 3. The van der Waals surface area contributed by atoms with Gasteiger partial charge in [0.2, 0.25) is 0 Å². The molecule has 0 fully saturated rings. The van der Waals surface area contributed by atoms with Crippen LogP contribution < -0.4 is 20.5 Å². The van der Waals surface area contributed by atoms with E-state index in [1.807, 2.05) is 30.3 Å². The number of methoxy groups -OCH3 is 2. The summed E-state index contributed by atoms with van der Waals surface area (Å²) in [4.78, 5) is 17.7. The highest BCUT2D eigenvalue weighted by Gasteiger charge is 2.21. The van der Waals surface area contributed by atoms with Crippen LogP contribution in [0.25, 0.3) is 10.9 Å². The van der Waals surface area contributed by atoms with Crippen molar-refractivity contribution in [3.8, 4) is 11.5 Å². The van der Waals surface area contributed by atoms with Gasteiger partial charge < -0.3 is 9.47 Å². The molecule has 0 radical (unpaired) electrons. The number of hydrazone groups is 1. The largest absolute Gasteiger partial charge is 0.493 e. The van der Waals surface area contributed by atoms with Crippen molar-refractivity contribution in [3.63, 3.8) is 0 Å². The van der Waals surface area contributed by atoms with Crippen molar-refractivity contribution in [1.29, 1.82) is 0 Å². The predicted molar refractivity (Wildman–Crippen MR) is 105 cm³/mol. The number of benzene rings is 2. The van der Waals surface area contributed by atoms with E-state index >= 15 is 0 Å². The zero-order chi connectivity index (χ0) is 18.8. The zero-order valence-corrected chi connectivity index (χ0v) is 15.2. The van der Waals surface area contributed by atoms with Crippen molar-refractivity contribution in [2.45, 2.75) is 19.4 Å².